The summed E-state index contributed by atoms with van der Waals surface area (Å²) in [7, 11) is 1.64. The summed E-state index contributed by atoms with van der Waals surface area (Å²) in [6.45, 7) is 6.87. The highest BCUT2D eigenvalue weighted by atomic mass is 16.5. The number of amides is 4. The van der Waals surface area contributed by atoms with E-state index in [1.807, 2.05) is 49.4 Å². The summed E-state index contributed by atoms with van der Waals surface area (Å²) in [5.74, 6) is -0.559. The average molecular weight is 615 g/mol. The van der Waals surface area contributed by atoms with Gasteiger partial charge in [0, 0.05) is 13.5 Å². The molecule has 238 valence electrons. The van der Waals surface area contributed by atoms with Crippen molar-refractivity contribution in [1.82, 2.24) is 20.9 Å². The molecular weight excluding hydrogens is 572 g/mol. The van der Waals surface area contributed by atoms with Gasteiger partial charge in [0.1, 0.15) is 36.8 Å². The Morgan fingerprint density at radius 3 is 2.51 bits per heavy atom. The fourth-order valence-electron chi connectivity index (χ4n) is 4.97. The van der Waals surface area contributed by atoms with Crippen LogP contribution in [0.4, 0.5) is 0 Å². The second-order valence-corrected chi connectivity index (χ2v) is 11.5. The van der Waals surface area contributed by atoms with E-state index in [0.29, 0.717) is 11.7 Å². The van der Waals surface area contributed by atoms with Crippen molar-refractivity contribution in [2.45, 2.75) is 51.6 Å². The van der Waals surface area contributed by atoms with Gasteiger partial charge in [-0.3, -0.25) is 19.2 Å². The zero-order chi connectivity index (χ0) is 32.3. The molecule has 0 spiro atoms. The van der Waals surface area contributed by atoms with Gasteiger partial charge in [0.25, 0.3) is 5.91 Å². The van der Waals surface area contributed by atoms with Gasteiger partial charge in [-0.1, -0.05) is 68.4 Å². The minimum Gasteiger partial charge on any atom is -0.491 e. The summed E-state index contributed by atoms with van der Waals surface area (Å²) in [6, 6.07) is 20.0. The Hall–Kier alpha value is -4.86. The van der Waals surface area contributed by atoms with Gasteiger partial charge in [0.05, 0.1) is 25.1 Å². The molecule has 0 aromatic heterocycles. The van der Waals surface area contributed by atoms with Crippen molar-refractivity contribution < 1.29 is 28.7 Å². The van der Waals surface area contributed by atoms with E-state index in [-0.39, 0.29) is 50.6 Å². The Morgan fingerprint density at radius 1 is 1.02 bits per heavy atom. The number of hydrogen-bond donors (Lipinski definition) is 3. The van der Waals surface area contributed by atoms with E-state index >= 15 is 0 Å². The normalized spacial score (nSPS) is 17.8. The molecule has 1 aliphatic heterocycles. The van der Waals surface area contributed by atoms with Crippen LogP contribution in [-0.2, 0) is 20.8 Å². The molecule has 0 saturated carbocycles. The van der Waals surface area contributed by atoms with Gasteiger partial charge in [-0.05, 0) is 47.7 Å². The molecule has 0 aliphatic carbocycles. The lowest BCUT2D eigenvalue weighted by Gasteiger charge is -2.27. The standard InChI is InChI=1S/C35H42N4O6/c1-23(2)26-15-14-24(3)31(21-26)44-18-16-36-34(42)28-22-32(40)37-29(20-25-10-6-5-7-11-25)35(43)39(4)17-19-45-30-13-9-8-12-27(30)33(41)38-28/h5-15,21,23,28-29H,16-20,22H2,1-4H3,(H,36,42)(H,37,40)(H,38,41)/t28-,29+/m0/s1. The Kier molecular flexibility index (Phi) is 11.6. The quantitative estimate of drug-likeness (QED) is 0.334. The maximum absolute atomic E-state index is 13.4. The summed E-state index contributed by atoms with van der Waals surface area (Å²) in [4.78, 5) is 55.0. The molecule has 0 bridgehead atoms. The molecule has 10 heteroatoms. The number of carbonyl (C=O) groups is 4. The summed E-state index contributed by atoms with van der Waals surface area (Å²) in [5.41, 5.74) is 3.21. The Morgan fingerprint density at radius 2 is 1.76 bits per heavy atom. The van der Waals surface area contributed by atoms with Gasteiger partial charge in [-0.25, -0.2) is 0 Å². The third kappa shape index (κ3) is 9.31. The summed E-state index contributed by atoms with van der Waals surface area (Å²) < 4.78 is 11.8. The first kappa shape index (κ1) is 33.0. The summed E-state index contributed by atoms with van der Waals surface area (Å²) in [6.07, 6.45) is -0.114. The number of aryl methyl sites for hydroxylation is 1. The number of benzene rings is 3. The van der Waals surface area contributed by atoms with Gasteiger partial charge in [-0.2, -0.15) is 0 Å². The number of nitrogens with zero attached hydrogens (tertiary/aromatic N) is 1. The van der Waals surface area contributed by atoms with Crippen LogP contribution in [0.15, 0.2) is 72.8 Å². The van der Waals surface area contributed by atoms with Crippen molar-refractivity contribution in [1.29, 1.82) is 0 Å². The fraction of sp³-hybridized carbons (Fsp3) is 0.371. The molecule has 0 fully saturated rings. The van der Waals surface area contributed by atoms with Crippen LogP contribution in [0, 0.1) is 6.92 Å². The maximum Gasteiger partial charge on any atom is 0.255 e. The third-order valence-corrected chi connectivity index (χ3v) is 7.66. The van der Waals surface area contributed by atoms with Crippen LogP contribution >= 0.6 is 0 Å². The van der Waals surface area contributed by atoms with E-state index in [2.05, 4.69) is 35.9 Å². The van der Waals surface area contributed by atoms with Crippen molar-refractivity contribution in [2.24, 2.45) is 0 Å². The predicted octanol–water partition coefficient (Wildman–Crippen LogP) is 3.38. The molecule has 4 rings (SSSR count). The number of likely N-dealkylation sites (N-methyl/N-ethyl adjacent to an activating group) is 1. The molecular formula is C35H42N4O6. The zero-order valence-corrected chi connectivity index (χ0v) is 26.3. The molecule has 10 nitrogen and oxygen atoms in total. The van der Waals surface area contributed by atoms with Crippen molar-refractivity contribution in [2.75, 3.05) is 33.4 Å². The van der Waals surface area contributed by atoms with E-state index in [0.717, 1.165) is 22.4 Å². The van der Waals surface area contributed by atoms with Crippen LogP contribution in [0.3, 0.4) is 0 Å². The van der Waals surface area contributed by atoms with Crippen LogP contribution in [-0.4, -0.2) is 74.0 Å². The Labute approximate surface area is 264 Å². The Bertz CT molecular complexity index is 1490. The number of hydrogen-bond acceptors (Lipinski definition) is 6. The minimum absolute atomic E-state index is 0.127. The van der Waals surface area contributed by atoms with Crippen LogP contribution in [0.1, 0.15) is 53.2 Å². The van der Waals surface area contributed by atoms with Gasteiger partial charge in [-0.15, -0.1) is 0 Å². The van der Waals surface area contributed by atoms with Crippen LogP contribution in [0.2, 0.25) is 0 Å². The summed E-state index contributed by atoms with van der Waals surface area (Å²) >= 11 is 0. The topological polar surface area (TPSA) is 126 Å². The molecule has 3 N–H and O–H groups in total. The lowest BCUT2D eigenvalue weighted by Crippen LogP contribution is -2.53. The smallest absolute Gasteiger partial charge is 0.255 e. The highest BCUT2D eigenvalue weighted by Crippen LogP contribution is 2.24. The Balaban J connectivity index is 1.51. The lowest BCUT2D eigenvalue weighted by molar-refractivity contribution is -0.136. The minimum atomic E-state index is -1.22. The summed E-state index contributed by atoms with van der Waals surface area (Å²) in [5, 5.41) is 8.28. The highest BCUT2D eigenvalue weighted by Gasteiger charge is 2.30. The third-order valence-electron chi connectivity index (χ3n) is 7.66. The SMILES string of the molecule is Cc1ccc(C(C)C)cc1OCCNC(=O)[C@@H]1CC(=O)N[C@H](Cc2ccccc2)C(=O)N(C)CCOc2ccccc2C(=O)N1. The van der Waals surface area contributed by atoms with E-state index in [9.17, 15) is 19.2 Å². The largest absolute Gasteiger partial charge is 0.491 e. The number of carbonyl (C=O) groups excluding carboxylic acids is 4. The molecule has 4 amide bonds. The number of rotatable bonds is 8. The fourth-order valence-corrected chi connectivity index (χ4v) is 4.97. The highest BCUT2D eigenvalue weighted by molar-refractivity contribution is 6.01. The van der Waals surface area contributed by atoms with Gasteiger partial charge >= 0.3 is 0 Å². The van der Waals surface area contributed by atoms with Crippen LogP contribution in [0.25, 0.3) is 0 Å². The molecule has 2 atom stereocenters. The zero-order valence-electron chi connectivity index (χ0n) is 26.3. The monoisotopic (exact) mass is 614 g/mol. The van der Waals surface area contributed by atoms with Gasteiger partial charge in [0.2, 0.25) is 17.7 Å². The van der Waals surface area contributed by atoms with E-state index in [1.165, 1.54) is 4.90 Å². The molecule has 45 heavy (non-hydrogen) atoms. The van der Waals surface area contributed by atoms with E-state index in [4.69, 9.17) is 9.47 Å². The number of fused-ring (bicyclic) bond motifs is 1. The molecule has 1 aliphatic rings. The second kappa shape index (κ2) is 15.7. The number of ether oxygens (including phenoxy) is 2. The van der Waals surface area contributed by atoms with Crippen molar-refractivity contribution >= 4 is 23.6 Å². The molecule has 3 aromatic carbocycles. The van der Waals surface area contributed by atoms with E-state index < -0.39 is 29.8 Å². The van der Waals surface area contributed by atoms with Crippen LogP contribution < -0.4 is 25.4 Å². The van der Waals surface area contributed by atoms with E-state index in [1.54, 1.807) is 31.3 Å². The molecule has 0 unspecified atom stereocenters. The molecule has 3 aromatic rings. The molecule has 1 heterocycles. The van der Waals surface area contributed by atoms with Crippen molar-refractivity contribution in [3.05, 3.63) is 95.1 Å². The predicted molar refractivity (Wildman–Crippen MR) is 171 cm³/mol. The molecule has 0 saturated heterocycles. The first-order chi connectivity index (χ1) is 21.6. The van der Waals surface area contributed by atoms with Crippen molar-refractivity contribution in [3.8, 4) is 11.5 Å². The van der Waals surface area contributed by atoms with Crippen LogP contribution in [0.5, 0.6) is 11.5 Å². The molecule has 0 radical (unpaired) electrons. The lowest BCUT2D eigenvalue weighted by atomic mass is 10.0. The van der Waals surface area contributed by atoms with Gasteiger partial charge < -0.3 is 30.3 Å². The number of nitrogens with one attached hydrogen (secondary N) is 3. The maximum atomic E-state index is 13.4. The first-order valence-electron chi connectivity index (χ1n) is 15.2. The average Bonchev–Trinajstić information content (AvgIpc) is 3.02. The second-order valence-electron chi connectivity index (χ2n) is 11.5. The first-order valence-corrected chi connectivity index (χ1v) is 15.2. The van der Waals surface area contributed by atoms with Gasteiger partial charge in [0.15, 0.2) is 0 Å². The van der Waals surface area contributed by atoms with Crippen molar-refractivity contribution in [3.63, 3.8) is 0 Å². The number of para-hydroxylation sites is 1.